The second kappa shape index (κ2) is 25.7. The largest absolute Gasteiger partial charge is 0.708 e. The van der Waals surface area contributed by atoms with Crippen LogP contribution >= 0.6 is 8.25 Å². The van der Waals surface area contributed by atoms with E-state index in [1.54, 1.807) is 0 Å². The molecule has 0 unspecified atom stereocenters. The fraction of sp³-hybridized carbons (Fsp3) is 1.00. The maximum Gasteiger partial charge on any atom is 0.708 e. The molecule has 38 heavy (non-hydrogen) atoms. The third kappa shape index (κ3) is 19.0. The zero-order valence-electron chi connectivity index (χ0n) is 25.3. The summed E-state index contributed by atoms with van der Waals surface area (Å²) in [6.07, 6.45) is 10.7. The lowest BCUT2D eigenvalue weighted by atomic mass is 10.3. The van der Waals surface area contributed by atoms with Crippen molar-refractivity contribution in [2.45, 2.75) is 131 Å². The van der Waals surface area contributed by atoms with E-state index < -0.39 is 20.2 Å². The zero-order chi connectivity index (χ0) is 28.4. The molecule has 0 atom stereocenters. The number of hydrogen-bond donors (Lipinski definition) is 0. The van der Waals surface area contributed by atoms with Gasteiger partial charge in [0.2, 0.25) is 0 Å². The molecular weight excluding hydrogens is 511 g/mol. The van der Waals surface area contributed by atoms with Gasteiger partial charge in [-0.1, -0.05) is 80.1 Å². The molecule has 0 amide bonds. The molecule has 228 valence electrons. The van der Waals surface area contributed by atoms with Gasteiger partial charge in [0.05, 0.1) is 26.4 Å². The Balaban J connectivity index is 5.80. The van der Waals surface area contributed by atoms with E-state index in [-0.39, 0.29) is 13.2 Å². The molecule has 0 aromatic heterocycles. The Hall–Kier alpha value is -0.220. The molecule has 0 aromatic carbocycles. The summed E-state index contributed by atoms with van der Waals surface area (Å²) in [5.41, 5.74) is 0. The molecule has 0 N–H and O–H groups in total. The highest BCUT2D eigenvalue weighted by molar-refractivity contribution is 7.33. The van der Waals surface area contributed by atoms with E-state index in [1.165, 1.54) is 0 Å². The van der Waals surface area contributed by atoms with E-state index in [4.69, 9.17) is 37.5 Å². The standard InChI is InChI=1S/C28H58O9P/c1-7-13-19-30-25-27(32-21-15-9-3,33-22-16-10-4)36-38(29)37-28(34-23-17-11-5,35-24-18-12-6)26-31-20-14-8-2/h7-26H2,1-6H3/q+1. The van der Waals surface area contributed by atoms with Gasteiger partial charge in [0.25, 0.3) is 0 Å². The minimum atomic E-state index is -2.80. The number of rotatable bonds is 30. The van der Waals surface area contributed by atoms with Crippen LogP contribution in [0.25, 0.3) is 0 Å². The SMILES string of the molecule is CCCCOCC(OCCCC)(OCCCC)O[P+](=O)OC(COCCCC)(OCCCC)OCCCC. The van der Waals surface area contributed by atoms with Crippen LogP contribution in [0.5, 0.6) is 0 Å². The van der Waals surface area contributed by atoms with Crippen molar-refractivity contribution in [3.63, 3.8) is 0 Å². The fourth-order valence-corrected chi connectivity index (χ4v) is 3.84. The van der Waals surface area contributed by atoms with Crippen LogP contribution in [-0.4, -0.2) is 64.8 Å². The van der Waals surface area contributed by atoms with E-state index in [1.807, 2.05) is 0 Å². The maximum absolute atomic E-state index is 13.5. The van der Waals surface area contributed by atoms with Crippen molar-refractivity contribution >= 4 is 8.25 Å². The van der Waals surface area contributed by atoms with Gasteiger partial charge in [-0.3, -0.25) is 0 Å². The van der Waals surface area contributed by atoms with Crippen molar-refractivity contribution in [2.24, 2.45) is 0 Å². The summed E-state index contributed by atoms with van der Waals surface area (Å²) in [5, 5.41) is 0. The Bertz CT molecular complexity index is 472. The van der Waals surface area contributed by atoms with E-state index in [2.05, 4.69) is 41.5 Å². The van der Waals surface area contributed by atoms with Crippen molar-refractivity contribution in [1.82, 2.24) is 0 Å². The Labute approximate surface area is 233 Å². The van der Waals surface area contributed by atoms with Crippen LogP contribution in [0.4, 0.5) is 0 Å². The summed E-state index contributed by atoms with van der Waals surface area (Å²) in [7, 11) is -2.80. The van der Waals surface area contributed by atoms with Crippen LogP contribution in [0.3, 0.4) is 0 Å². The van der Waals surface area contributed by atoms with E-state index in [0.29, 0.717) is 39.6 Å². The highest BCUT2D eigenvalue weighted by Gasteiger charge is 2.52. The number of ether oxygens (including phenoxy) is 6. The first-order valence-electron chi connectivity index (χ1n) is 15.0. The summed E-state index contributed by atoms with van der Waals surface area (Å²) >= 11 is 0. The van der Waals surface area contributed by atoms with Crippen LogP contribution in [0.1, 0.15) is 119 Å². The minimum Gasteiger partial charge on any atom is -0.373 e. The number of unbranched alkanes of at least 4 members (excludes halogenated alkanes) is 6. The van der Waals surface area contributed by atoms with Crippen LogP contribution in [-0.2, 0) is 42.0 Å². The molecule has 0 aliphatic heterocycles. The topological polar surface area (TPSA) is 90.9 Å². The molecule has 0 saturated heterocycles. The summed E-state index contributed by atoms with van der Waals surface area (Å²) in [6, 6.07) is 0. The predicted octanol–water partition coefficient (Wildman–Crippen LogP) is 7.88. The molecule has 0 rings (SSSR count). The summed E-state index contributed by atoms with van der Waals surface area (Å²) in [4.78, 5) is 0. The maximum atomic E-state index is 13.5. The first-order chi connectivity index (χ1) is 18.5. The van der Waals surface area contributed by atoms with Crippen LogP contribution < -0.4 is 0 Å². The van der Waals surface area contributed by atoms with Gasteiger partial charge in [0.15, 0.2) is 0 Å². The highest BCUT2D eigenvalue weighted by atomic mass is 31.1. The van der Waals surface area contributed by atoms with Gasteiger partial charge in [-0.2, -0.15) is 0 Å². The minimum absolute atomic E-state index is 0.0295. The lowest BCUT2D eigenvalue weighted by molar-refractivity contribution is -0.381. The molecule has 0 heterocycles. The fourth-order valence-electron chi connectivity index (χ4n) is 3.03. The molecule has 10 heteroatoms. The van der Waals surface area contributed by atoms with Crippen molar-refractivity contribution < 1.29 is 42.0 Å². The smallest absolute Gasteiger partial charge is 0.373 e. The van der Waals surface area contributed by atoms with Gasteiger partial charge in [0.1, 0.15) is 13.2 Å². The van der Waals surface area contributed by atoms with E-state index in [0.717, 1.165) is 77.0 Å². The third-order valence-electron chi connectivity index (χ3n) is 5.55. The quantitative estimate of drug-likeness (QED) is 0.0486. The third-order valence-corrected chi connectivity index (χ3v) is 6.40. The summed E-state index contributed by atoms with van der Waals surface area (Å²) in [6.45, 7) is 14.9. The second-order valence-corrected chi connectivity index (χ2v) is 10.2. The zero-order valence-corrected chi connectivity index (χ0v) is 26.2. The first kappa shape index (κ1) is 37.8. The first-order valence-corrected chi connectivity index (χ1v) is 16.1. The molecule has 0 aliphatic carbocycles. The van der Waals surface area contributed by atoms with Gasteiger partial charge in [-0.15, -0.1) is 0 Å². The molecule has 0 aromatic rings. The van der Waals surface area contributed by atoms with Crippen molar-refractivity contribution in [3.8, 4) is 0 Å². The molecule has 0 radical (unpaired) electrons. The Morgan fingerprint density at radius 2 is 0.711 bits per heavy atom. The van der Waals surface area contributed by atoms with Crippen molar-refractivity contribution in [2.75, 3.05) is 52.9 Å². The highest BCUT2D eigenvalue weighted by Crippen LogP contribution is 2.39. The van der Waals surface area contributed by atoms with Crippen LogP contribution in [0.15, 0.2) is 0 Å². The molecule has 0 spiro atoms. The Morgan fingerprint density at radius 3 is 0.974 bits per heavy atom. The molecular formula is C28H58O9P+. The Kier molecular flexibility index (Phi) is 25.6. The van der Waals surface area contributed by atoms with Crippen molar-refractivity contribution in [1.29, 1.82) is 0 Å². The van der Waals surface area contributed by atoms with Gasteiger partial charge in [0, 0.05) is 17.8 Å². The van der Waals surface area contributed by atoms with Gasteiger partial charge < -0.3 is 28.4 Å². The Morgan fingerprint density at radius 1 is 0.447 bits per heavy atom. The molecule has 0 aliphatic rings. The van der Waals surface area contributed by atoms with E-state index >= 15 is 0 Å². The summed E-state index contributed by atoms with van der Waals surface area (Å²) in [5.74, 6) is -3.32. The lowest BCUT2D eigenvalue weighted by Crippen LogP contribution is -2.46. The lowest BCUT2D eigenvalue weighted by Gasteiger charge is -2.30. The molecule has 0 bridgehead atoms. The molecule has 0 fully saturated rings. The van der Waals surface area contributed by atoms with Gasteiger partial charge in [-0.05, 0) is 47.6 Å². The van der Waals surface area contributed by atoms with Crippen molar-refractivity contribution in [3.05, 3.63) is 0 Å². The predicted molar refractivity (Wildman–Crippen MR) is 150 cm³/mol. The van der Waals surface area contributed by atoms with Crippen LogP contribution in [0, 0.1) is 0 Å². The van der Waals surface area contributed by atoms with Gasteiger partial charge >= 0.3 is 20.2 Å². The number of hydrogen-bond acceptors (Lipinski definition) is 9. The second-order valence-electron chi connectivity index (χ2n) is 9.39. The molecule has 9 nitrogen and oxygen atoms in total. The average molecular weight is 570 g/mol. The summed E-state index contributed by atoms with van der Waals surface area (Å²) < 4.78 is 61.1. The normalized spacial score (nSPS) is 12.4. The molecule has 0 saturated carbocycles. The average Bonchev–Trinajstić information content (AvgIpc) is 2.90. The van der Waals surface area contributed by atoms with E-state index in [9.17, 15) is 4.57 Å². The monoisotopic (exact) mass is 569 g/mol. The van der Waals surface area contributed by atoms with Gasteiger partial charge in [-0.25, -0.2) is 0 Å². The van der Waals surface area contributed by atoms with Crippen LogP contribution in [0.2, 0.25) is 0 Å².